The zero-order chi connectivity index (χ0) is 21.4. The molecule has 0 bridgehead atoms. The second-order valence-corrected chi connectivity index (χ2v) is 9.25. The third-order valence-electron chi connectivity index (χ3n) is 5.99. The van der Waals surface area contributed by atoms with E-state index in [1.807, 2.05) is 42.5 Å². The van der Waals surface area contributed by atoms with Crippen LogP contribution >= 0.6 is 15.9 Å². The van der Waals surface area contributed by atoms with E-state index in [1.165, 1.54) is 12.8 Å². The van der Waals surface area contributed by atoms with Crippen molar-refractivity contribution in [3.63, 3.8) is 0 Å². The normalized spacial score (nSPS) is 20.3. The topological polar surface area (TPSA) is 73.2 Å². The van der Waals surface area contributed by atoms with Crippen LogP contribution in [0.25, 0.3) is 10.9 Å². The molecular formula is C24H25BrN4O2. The summed E-state index contributed by atoms with van der Waals surface area (Å²) in [6.45, 7) is 5.93. The number of aromatic hydroxyl groups is 1. The summed E-state index contributed by atoms with van der Waals surface area (Å²) in [6.07, 6.45) is 2.55. The van der Waals surface area contributed by atoms with Crippen LogP contribution in [0.1, 0.15) is 30.9 Å². The number of fused-ring (bicyclic) bond motifs is 2. The molecule has 1 fully saturated rings. The van der Waals surface area contributed by atoms with Crippen LogP contribution in [0.2, 0.25) is 0 Å². The van der Waals surface area contributed by atoms with Crippen LogP contribution in [0.3, 0.4) is 0 Å². The van der Waals surface area contributed by atoms with Gasteiger partial charge in [0.1, 0.15) is 18.0 Å². The SMILES string of the molecule is CC1CCCN(CCO/N=C2/C(c3c(O)[nH]c4ccc(Br)cc34)=Nc3ccccc32)C1. The molecule has 0 aliphatic carbocycles. The predicted octanol–water partition coefficient (Wildman–Crippen LogP) is 5.22. The number of nitrogens with one attached hydrogen (secondary N) is 1. The quantitative estimate of drug-likeness (QED) is 0.388. The number of likely N-dealkylation sites (tertiary alicyclic amines) is 1. The Morgan fingerprint density at radius 2 is 2.16 bits per heavy atom. The molecule has 1 atom stereocenters. The highest BCUT2D eigenvalue weighted by molar-refractivity contribution is 9.10. The van der Waals surface area contributed by atoms with E-state index in [2.05, 4.69) is 37.9 Å². The van der Waals surface area contributed by atoms with Crippen molar-refractivity contribution in [2.24, 2.45) is 16.1 Å². The number of aromatic nitrogens is 1. The minimum atomic E-state index is 0.0784. The summed E-state index contributed by atoms with van der Waals surface area (Å²) in [5.74, 6) is 0.819. The van der Waals surface area contributed by atoms with E-state index < -0.39 is 0 Å². The van der Waals surface area contributed by atoms with Gasteiger partial charge in [-0.15, -0.1) is 0 Å². The fourth-order valence-electron chi connectivity index (χ4n) is 4.50. The Bertz CT molecular complexity index is 1180. The Hall–Kier alpha value is -2.64. The summed E-state index contributed by atoms with van der Waals surface area (Å²) < 4.78 is 0.932. The second-order valence-electron chi connectivity index (χ2n) is 8.34. The number of rotatable bonds is 5. The van der Waals surface area contributed by atoms with Gasteiger partial charge in [0.2, 0.25) is 0 Å². The van der Waals surface area contributed by atoms with E-state index in [0.717, 1.165) is 52.2 Å². The summed E-state index contributed by atoms with van der Waals surface area (Å²) in [7, 11) is 0. The van der Waals surface area contributed by atoms with E-state index in [9.17, 15) is 5.11 Å². The molecule has 1 unspecified atom stereocenters. The molecule has 2 aromatic carbocycles. The molecule has 160 valence electrons. The lowest BCUT2D eigenvalue weighted by molar-refractivity contribution is 0.0924. The van der Waals surface area contributed by atoms with Crippen LogP contribution < -0.4 is 0 Å². The largest absolute Gasteiger partial charge is 0.494 e. The predicted molar refractivity (Wildman–Crippen MR) is 128 cm³/mol. The van der Waals surface area contributed by atoms with Gasteiger partial charge in [-0.3, -0.25) is 4.90 Å². The Morgan fingerprint density at radius 3 is 3.03 bits per heavy atom. The average Bonchev–Trinajstić information content (AvgIpc) is 3.27. The van der Waals surface area contributed by atoms with Crippen molar-refractivity contribution < 1.29 is 9.94 Å². The van der Waals surface area contributed by atoms with Crippen molar-refractivity contribution in [2.45, 2.75) is 19.8 Å². The van der Waals surface area contributed by atoms with Crippen molar-refractivity contribution >= 4 is 43.9 Å². The summed E-state index contributed by atoms with van der Waals surface area (Å²) in [5.41, 5.74) is 4.49. The first-order chi connectivity index (χ1) is 15.1. The molecular weight excluding hydrogens is 456 g/mol. The maximum absolute atomic E-state index is 10.7. The van der Waals surface area contributed by atoms with Gasteiger partial charge in [-0.1, -0.05) is 46.2 Å². The molecule has 0 radical (unpaired) electrons. The van der Waals surface area contributed by atoms with Gasteiger partial charge in [0.05, 0.1) is 11.3 Å². The van der Waals surface area contributed by atoms with Gasteiger partial charge < -0.3 is 14.9 Å². The fourth-order valence-corrected chi connectivity index (χ4v) is 4.86. The Kier molecular flexibility index (Phi) is 5.54. The molecule has 1 saturated heterocycles. The summed E-state index contributed by atoms with van der Waals surface area (Å²) in [6, 6.07) is 13.7. The maximum atomic E-state index is 10.7. The minimum absolute atomic E-state index is 0.0784. The Morgan fingerprint density at radius 1 is 1.29 bits per heavy atom. The molecule has 3 heterocycles. The molecule has 0 saturated carbocycles. The van der Waals surface area contributed by atoms with Crippen LogP contribution in [0.15, 0.2) is 57.1 Å². The number of aromatic amines is 1. The molecule has 6 nitrogen and oxygen atoms in total. The number of aliphatic imine (C=N–C) groups is 1. The Labute approximate surface area is 189 Å². The number of para-hydroxylation sites is 1. The summed E-state index contributed by atoms with van der Waals surface area (Å²) in [4.78, 5) is 16.1. The molecule has 0 spiro atoms. The lowest BCUT2D eigenvalue weighted by Crippen LogP contribution is -2.36. The van der Waals surface area contributed by atoms with Crippen molar-refractivity contribution in [3.05, 3.63) is 58.1 Å². The third kappa shape index (κ3) is 4.00. The van der Waals surface area contributed by atoms with E-state index in [4.69, 9.17) is 9.83 Å². The zero-order valence-electron chi connectivity index (χ0n) is 17.4. The van der Waals surface area contributed by atoms with Crippen LogP contribution in [-0.2, 0) is 4.84 Å². The number of H-pyrrole nitrogens is 1. The van der Waals surface area contributed by atoms with Gasteiger partial charge in [0.25, 0.3) is 0 Å². The highest BCUT2D eigenvalue weighted by Crippen LogP contribution is 2.36. The lowest BCUT2D eigenvalue weighted by Gasteiger charge is -2.30. The summed E-state index contributed by atoms with van der Waals surface area (Å²) >= 11 is 3.53. The summed E-state index contributed by atoms with van der Waals surface area (Å²) in [5, 5.41) is 16.1. The average molecular weight is 481 g/mol. The molecule has 31 heavy (non-hydrogen) atoms. The molecule has 7 heteroatoms. The van der Waals surface area contributed by atoms with E-state index in [-0.39, 0.29) is 5.88 Å². The molecule has 3 aromatic rings. The molecule has 2 aliphatic heterocycles. The van der Waals surface area contributed by atoms with Crippen molar-refractivity contribution in [3.8, 4) is 5.88 Å². The maximum Gasteiger partial charge on any atom is 0.199 e. The number of benzene rings is 2. The first kappa shape index (κ1) is 20.3. The number of oxime groups is 1. The minimum Gasteiger partial charge on any atom is -0.494 e. The number of halogens is 1. The van der Waals surface area contributed by atoms with Crippen LogP contribution in [-0.4, -0.2) is 52.7 Å². The first-order valence-corrected chi connectivity index (χ1v) is 11.5. The third-order valence-corrected chi connectivity index (χ3v) is 6.48. The highest BCUT2D eigenvalue weighted by Gasteiger charge is 2.29. The van der Waals surface area contributed by atoms with Gasteiger partial charge in [0.15, 0.2) is 5.88 Å². The van der Waals surface area contributed by atoms with Gasteiger partial charge in [-0.2, -0.15) is 0 Å². The first-order valence-electron chi connectivity index (χ1n) is 10.7. The van der Waals surface area contributed by atoms with Gasteiger partial charge in [-0.25, -0.2) is 4.99 Å². The van der Waals surface area contributed by atoms with Crippen LogP contribution in [0, 0.1) is 5.92 Å². The van der Waals surface area contributed by atoms with Gasteiger partial charge >= 0.3 is 0 Å². The highest BCUT2D eigenvalue weighted by atomic mass is 79.9. The molecule has 0 amide bonds. The molecule has 1 aromatic heterocycles. The van der Waals surface area contributed by atoms with E-state index in [1.54, 1.807) is 0 Å². The molecule has 2 N–H and O–H groups in total. The smallest absolute Gasteiger partial charge is 0.199 e. The fraction of sp³-hybridized carbons (Fsp3) is 0.333. The second kappa shape index (κ2) is 8.48. The lowest BCUT2D eigenvalue weighted by atomic mass is 10.0. The van der Waals surface area contributed by atoms with Gasteiger partial charge in [0, 0.05) is 34.0 Å². The number of hydrogen-bond donors (Lipinski definition) is 2. The number of nitrogens with zero attached hydrogens (tertiary/aromatic N) is 3. The Balaban J connectivity index is 1.44. The van der Waals surface area contributed by atoms with E-state index in [0.29, 0.717) is 23.6 Å². The van der Waals surface area contributed by atoms with E-state index >= 15 is 0 Å². The number of hydrogen-bond acceptors (Lipinski definition) is 5. The van der Waals surface area contributed by atoms with Crippen LogP contribution in [0.4, 0.5) is 5.69 Å². The van der Waals surface area contributed by atoms with Crippen molar-refractivity contribution in [1.29, 1.82) is 0 Å². The molecule has 5 rings (SSSR count). The number of piperidine rings is 1. The standard InChI is InChI=1S/C24H25BrN4O2/c1-15-5-4-10-29(14-15)11-12-31-28-22-17-6-2-3-7-19(17)26-23(22)21-18-13-16(25)8-9-20(18)27-24(21)30/h2-3,6-9,13,15,27,30H,4-5,10-12,14H2,1H3/b28-22+. The zero-order valence-corrected chi connectivity index (χ0v) is 19.0. The van der Waals surface area contributed by atoms with Crippen LogP contribution in [0.5, 0.6) is 5.88 Å². The van der Waals surface area contributed by atoms with Crippen molar-refractivity contribution in [1.82, 2.24) is 9.88 Å². The van der Waals surface area contributed by atoms with Crippen molar-refractivity contribution in [2.75, 3.05) is 26.2 Å². The monoisotopic (exact) mass is 480 g/mol. The molecule has 2 aliphatic rings. The van der Waals surface area contributed by atoms with Gasteiger partial charge in [-0.05, 0) is 49.6 Å².